The summed E-state index contributed by atoms with van der Waals surface area (Å²) < 4.78 is 1.60. The van der Waals surface area contributed by atoms with E-state index in [0.717, 1.165) is 66.6 Å². The fourth-order valence-electron chi connectivity index (χ4n) is 4.42. The van der Waals surface area contributed by atoms with Crippen LogP contribution in [-0.2, 0) is 26.4 Å². The molecule has 0 unspecified atom stereocenters. The number of pyridine rings is 1. The fourth-order valence-corrected chi connectivity index (χ4v) is 4.42. The number of likely N-dealkylation sites (N-methyl/N-ethyl adjacent to an activating group) is 1. The Labute approximate surface area is 185 Å². The van der Waals surface area contributed by atoms with Crippen molar-refractivity contribution in [2.75, 3.05) is 38.5 Å². The first kappa shape index (κ1) is 20.5. The SMILES string of the molecule is CN1CCN(Cc2cccnc2Nc2ncc3c(n2)-c2c(c(C(=O)O)nn2C)CC3)CC1. The van der Waals surface area contributed by atoms with Crippen LogP contribution in [0.15, 0.2) is 24.5 Å². The molecule has 5 rings (SSSR count). The number of aromatic nitrogens is 5. The van der Waals surface area contributed by atoms with Gasteiger partial charge in [-0.05, 0) is 31.5 Å². The van der Waals surface area contributed by atoms with Gasteiger partial charge in [0.2, 0.25) is 5.95 Å². The number of fused-ring (bicyclic) bond motifs is 3. The predicted octanol–water partition coefficient (Wildman–Crippen LogP) is 1.56. The number of anilines is 2. The molecule has 166 valence electrons. The molecule has 1 aliphatic carbocycles. The number of piperazine rings is 1. The summed E-state index contributed by atoms with van der Waals surface area (Å²) in [6.07, 6.45) is 4.87. The summed E-state index contributed by atoms with van der Waals surface area (Å²) >= 11 is 0. The number of aryl methyl sites for hydroxylation is 2. The Morgan fingerprint density at radius 2 is 1.97 bits per heavy atom. The first-order chi connectivity index (χ1) is 15.5. The average molecular weight is 435 g/mol. The Hall–Kier alpha value is -3.37. The van der Waals surface area contributed by atoms with Crippen LogP contribution in [-0.4, -0.2) is 78.8 Å². The maximum absolute atomic E-state index is 11.6. The largest absolute Gasteiger partial charge is 0.476 e. The van der Waals surface area contributed by atoms with Crippen LogP contribution in [0.4, 0.5) is 11.8 Å². The van der Waals surface area contributed by atoms with Crippen LogP contribution in [0.2, 0.25) is 0 Å². The second-order valence-corrected chi connectivity index (χ2v) is 8.39. The van der Waals surface area contributed by atoms with Crippen molar-refractivity contribution in [3.05, 3.63) is 46.9 Å². The summed E-state index contributed by atoms with van der Waals surface area (Å²) in [6, 6.07) is 4.02. The Morgan fingerprint density at radius 1 is 1.16 bits per heavy atom. The van der Waals surface area contributed by atoms with Crippen molar-refractivity contribution >= 4 is 17.7 Å². The summed E-state index contributed by atoms with van der Waals surface area (Å²) in [7, 11) is 3.90. The molecule has 3 aromatic heterocycles. The van der Waals surface area contributed by atoms with Gasteiger partial charge < -0.3 is 15.3 Å². The molecule has 4 heterocycles. The molecule has 0 saturated carbocycles. The van der Waals surface area contributed by atoms with Crippen molar-refractivity contribution in [3.63, 3.8) is 0 Å². The van der Waals surface area contributed by atoms with Crippen LogP contribution in [0.1, 0.15) is 27.2 Å². The third-order valence-corrected chi connectivity index (χ3v) is 6.19. The van der Waals surface area contributed by atoms with Gasteiger partial charge in [-0.15, -0.1) is 0 Å². The van der Waals surface area contributed by atoms with Crippen molar-refractivity contribution in [2.24, 2.45) is 7.05 Å². The van der Waals surface area contributed by atoms with E-state index in [9.17, 15) is 9.90 Å². The van der Waals surface area contributed by atoms with Gasteiger partial charge in [0.25, 0.3) is 0 Å². The minimum atomic E-state index is -1.01. The zero-order chi connectivity index (χ0) is 22.2. The molecular weight excluding hydrogens is 408 g/mol. The quantitative estimate of drug-likeness (QED) is 0.618. The van der Waals surface area contributed by atoms with Crippen LogP contribution >= 0.6 is 0 Å². The molecule has 3 aromatic rings. The van der Waals surface area contributed by atoms with Gasteiger partial charge >= 0.3 is 5.97 Å². The average Bonchev–Trinajstić information content (AvgIpc) is 3.14. The Morgan fingerprint density at radius 3 is 2.75 bits per heavy atom. The minimum Gasteiger partial charge on any atom is -0.476 e. The van der Waals surface area contributed by atoms with E-state index < -0.39 is 5.97 Å². The van der Waals surface area contributed by atoms with Gasteiger partial charge in [0.15, 0.2) is 5.69 Å². The van der Waals surface area contributed by atoms with Gasteiger partial charge in [0.05, 0.1) is 11.4 Å². The Balaban J connectivity index is 1.43. The highest BCUT2D eigenvalue weighted by Gasteiger charge is 2.28. The number of rotatable bonds is 5. The summed E-state index contributed by atoms with van der Waals surface area (Å²) in [6.45, 7) is 4.97. The monoisotopic (exact) mass is 434 g/mol. The van der Waals surface area contributed by atoms with E-state index in [2.05, 4.69) is 43.3 Å². The van der Waals surface area contributed by atoms with E-state index >= 15 is 0 Å². The van der Waals surface area contributed by atoms with Crippen LogP contribution in [0, 0.1) is 0 Å². The highest BCUT2D eigenvalue weighted by molar-refractivity contribution is 5.90. The lowest BCUT2D eigenvalue weighted by atomic mass is 9.93. The fraction of sp³-hybridized carbons (Fsp3) is 0.409. The highest BCUT2D eigenvalue weighted by atomic mass is 16.4. The molecular formula is C22H26N8O2. The minimum absolute atomic E-state index is 0.0976. The molecule has 10 nitrogen and oxygen atoms in total. The van der Waals surface area contributed by atoms with E-state index in [4.69, 9.17) is 4.98 Å². The molecule has 2 N–H and O–H groups in total. The lowest BCUT2D eigenvalue weighted by Gasteiger charge is -2.32. The van der Waals surface area contributed by atoms with E-state index in [1.54, 1.807) is 17.9 Å². The molecule has 0 spiro atoms. The van der Waals surface area contributed by atoms with Crippen molar-refractivity contribution in [3.8, 4) is 11.4 Å². The Kier molecular flexibility index (Phi) is 5.32. The van der Waals surface area contributed by atoms with Gasteiger partial charge in [-0.25, -0.2) is 19.7 Å². The van der Waals surface area contributed by atoms with E-state index in [-0.39, 0.29) is 5.69 Å². The summed E-state index contributed by atoms with van der Waals surface area (Å²) in [5.74, 6) is 0.159. The molecule has 0 amide bonds. The van der Waals surface area contributed by atoms with Gasteiger partial charge in [-0.1, -0.05) is 6.07 Å². The zero-order valence-corrected chi connectivity index (χ0v) is 18.2. The lowest BCUT2D eigenvalue weighted by Crippen LogP contribution is -2.43. The normalized spacial score (nSPS) is 16.4. The summed E-state index contributed by atoms with van der Waals surface area (Å²) in [5, 5.41) is 17.0. The summed E-state index contributed by atoms with van der Waals surface area (Å²) in [5.41, 5.74) is 4.37. The van der Waals surface area contributed by atoms with Crippen molar-refractivity contribution in [1.82, 2.24) is 34.5 Å². The predicted molar refractivity (Wildman–Crippen MR) is 119 cm³/mol. The maximum atomic E-state index is 11.6. The second-order valence-electron chi connectivity index (χ2n) is 8.39. The maximum Gasteiger partial charge on any atom is 0.356 e. The molecule has 32 heavy (non-hydrogen) atoms. The smallest absolute Gasteiger partial charge is 0.356 e. The number of carboxylic acid groups (broad SMARTS) is 1. The number of hydrogen-bond acceptors (Lipinski definition) is 8. The molecule has 1 aliphatic heterocycles. The second kappa shape index (κ2) is 8.29. The topological polar surface area (TPSA) is 112 Å². The standard InChI is InChI=1S/C22H26N8O2/c1-28-8-10-30(11-9-28)13-15-4-3-7-23-20(15)26-22-24-12-14-5-6-16-18(21(31)32)27-29(2)19(16)17(14)25-22/h3-4,7,12H,5-6,8-11,13H2,1-2H3,(H,31,32)(H,23,24,25,26). The number of nitrogens with zero attached hydrogens (tertiary/aromatic N) is 7. The number of aromatic carboxylic acids is 1. The van der Waals surface area contributed by atoms with Gasteiger partial charge in [-0.3, -0.25) is 9.58 Å². The molecule has 0 radical (unpaired) electrons. The van der Waals surface area contributed by atoms with E-state index in [1.165, 1.54) is 0 Å². The third-order valence-electron chi connectivity index (χ3n) is 6.19. The van der Waals surface area contributed by atoms with Gasteiger partial charge in [0, 0.05) is 63.3 Å². The van der Waals surface area contributed by atoms with Gasteiger partial charge in [0.1, 0.15) is 5.82 Å². The van der Waals surface area contributed by atoms with Crippen LogP contribution in [0.3, 0.4) is 0 Å². The molecule has 1 saturated heterocycles. The first-order valence-corrected chi connectivity index (χ1v) is 10.8. The number of hydrogen-bond donors (Lipinski definition) is 2. The molecule has 0 aromatic carbocycles. The molecule has 0 atom stereocenters. The zero-order valence-electron chi connectivity index (χ0n) is 18.2. The van der Waals surface area contributed by atoms with Crippen molar-refractivity contribution in [2.45, 2.75) is 19.4 Å². The van der Waals surface area contributed by atoms with Gasteiger partial charge in [-0.2, -0.15) is 5.10 Å². The molecule has 1 fully saturated rings. The van der Waals surface area contributed by atoms with Crippen LogP contribution < -0.4 is 5.32 Å². The highest BCUT2D eigenvalue weighted by Crippen LogP contribution is 2.34. The van der Waals surface area contributed by atoms with E-state index in [0.29, 0.717) is 18.8 Å². The first-order valence-electron chi connectivity index (χ1n) is 10.8. The van der Waals surface area contributed by atoms with Crippen molar-refractivity contribution in [1.29, 1.82) is 0 Å². The van der Waals surface area contributed by atoms with Crippen molar-refractivity contribution < 1.29 is 9.90 Å². The molecule has 2 aliphatic rings. The summed E-state index contributed by atoms with van der Waals surface area (Å²) in [4.78, 5) is 30.1. The van der Waals surface area contributed by atoms with Crippen LogP contribution in [0.25, 0.3) is 11.4 Å². The molecule has 0 bridgehead atoms. The number of carboxylic acids is 1. The third kappa shape index (κ3) is 3.82. The number of carbonyl (C=O) groups is 1. The van der Waals surface area contributed by atoms with Crippen LogP contribution in [0.5, 0.6) is 0 Å². The number of nitrogens with one attached hydrogen (secondary N) is 1. The lowest BCUT2D eigenvalue weighted by molar-refractivity contribution is 0.0688. The Bertz CT molecular complexity index is 1170. The molecule has 10 heteroatoms. The van der Waals surface area contributed by atoms with E-state index in [1.807, 2.05) is 12.3 Å².